The molecule has 1 aromatic rings. The molecule has 1 saturated heterocycles. The first-order valence-electron chi connectivity index (χ1n) is 9.62. The van der Waals surface area contributed by atoms with Crippen LogP contribution in [0, 0.1) is 0 Å². The van der Waals surface area contributed by atoms with E-state index in [0.717, 1.165) is 37.9 Å². The maximum atomic E-state index is 11.4. The van der Waals surface area contributed by atoms with Crippen LogP contribution in [0.4, 0.5) is 0 Å². The first kappa shape index (κ1) is 21.1. The molecule has 0 amide bonds. The van der Waals surface area contributed by atoms with Crippen molar-refractivity contribution in [3.05, 3.63) is 54.2 Å². The number of carbonyl (C=O) groups excluding carboxylic acids is 1. The zero-order valence-electron chi connectivity index (χ0n) is 16.3. The third-order valence-corrected chi connectivity index (χ3v) is 5.38. The summed E-state index contributed by atoms with van der Waals surface area (Å²) in [6, 6.07) is 0. The molecule has 150 valence electrons. The van der Waals surface area contributed by atoms with Gasteiger partial charge in [0.25, 0.3) is 0 Å². The van der Waals surface area contributed by atoms with E-state index in [1.165, 1.54) is 11.1 Å². The Morgan fingerprint density at radius 2 is 2.25 bits per heavy atom. The molecule has 2 heterocycles. The van der Waals surface area contributed by atoms with Gasteiger partial charge in [-0.15, -0.1) is 0 Å². The van der Waals surface area contributed by atoms with Gasteiger partial charge in [0.1, 0.15) is 32.1 Å². The number of rotatable bonds is 8. The van der Waals surface area contributed by atoms with Gasteiger partial charge in [-0.05, 0) is 30.9 Å². The van der Waals surface area contributed by atoms with Gasteiger partial charge in [0.05, 0.1) is 0 Å². The number of halogens is 1. The van der Waals surface area contributed by atoms with E-state index in [9.17, 15) is 4.79 Å². The fourth-order valence-corrected chi connectivity index (χ4v) is 3.74. The molecule has 1 unspecified atom stereocenters. The molecule has 3 rings (SSSR count). The number of alkyl halides is 1. The average Bonchev–Trinajstić information content (AvgIpc) is 3.15. The van der Waals surface area contributed by atoms with Crippen molar-refractivity contribution in [3.8, 4) is 0 Å². The molecule has 2 aliphatic rings. The Bertz CT molecular complexity index is 768. The Labute approximate surface area is 175 Å². The maximum absolute atomic E-state index is 11.4. The molecule has 8 heteroatoms. The minimum atomic E-state index is -0.348. The van der Waals surface area contributed by atoms with Gasteiger partial charge in [0, 0.05) is 29.9 Å². The van der Waals surface area contributed by atoms with Crippen molar-refractivity contribution in [1.29, 1.82) is 0 Å². The number of carbonyl (C=O) groups is 1. The maximum Gasteiger partial charge on any atom is 0.464 e. The Hall–Kier alpha value is -1.64. The lowest BCUT2D eigenvalue weighted by Gasteiger charge is -2.28. The van der Waals surface area contributed by atoms with Crippen LogP contribution in [0.1, 0.15) is 19.8 Å². The van der Waals surface area contributed by atoms with Crippen molar-refractivity contribution in [1.82, 2.24) is 4.57 Å². The minimum Gasteiger partial charge on any atom is -0.458 e. The fourth-order valence-electron chi connectivity index (χ4n) is 3.39. The van der Waals surface area contributed by atoms with E-state index in [4.69, 9.17) is 14.0 Å². The molecular formula is C20H27BBrN2O4+. The minimum absolute atomic E-state index is 0.149. The lowest BCUT2D eigenvalue weighted by molar-refractivity contribution is -0.688. The van der Waals surface area contributed by atoms with Gasteiger partial charge in [-0.1, -0.05) is 34.7 Å². The molecule has 0 spiro atoms. The number of hydrogen-bond donors (Lipinski definition) is 0. The summed E-state index contributed by atoms with van der Waals surface area (Å²) in [6.45, 7) is 8.53. The molecule has 1 aliphatic heterocycles. The summed E-state index contributed by atoms with van der Waals surface area (Å²) in [4.78, 5) is 11.4. The average molecular weight is 450 g/mol. The molecule has 1 fully saturated rings. The second-order valence-electron chi connectivity index (χ2n) is 7.25. The number of aromatic nitrogens is 2. The van der Waals surface area contributed by atoms with Gasteiger partial charge in [0.2, 0.25) is 6.33 Å². The summed E-state index contributed by atoms with van der Waals surface area (Å²) < 4.78 is 21.0. The van der Waals surface area contributed by atoms with Crippen LogP contribution in [0.3, 0.4) is 0 Å². The molecule has 0 bridgehead atoms. The molecule has 6 nitrogen and oxygen atoms in total. The summed E-state index contributed by atoms with van der Waals surface area (Å²) in [6.07, 6.45) is 12.5. The number of nitrogens with zero attached hydrogens (tertiary/aromatic N) is 2. The summed E-state index contributed by atoms with van der Waals surface area (Å²) in [7, 11) is -0.149. The van der Waals surface area contributed by atoms with E-state index in [2.05, 4.69) is 39.2 Å². The molecule has 0 saturated carbocycles. The van der Waals surface area contributed by atoms with Gasteiger partial charge < -0.3 is 14.0 Å². The topological polar surface area (TPSA) is 53.6 Å². The van der Waals surface area contributed by atoms with Gasteiger partial charge in [-0.25, -0.2) is 13.9 Å². The molecular weight excluding hydrogens is 423 g/mol. The van der Waals surface area contributed by atoms with Crippen molar-refractivity contribution < 1.29 is 23.4 Å². The standard InChI is InChI=1S/C20H27BBrN2O4/c1-16(2)20(25)26-9-6-23-4-5-24(15-23)14-18-10-17(13-22)11-19(12-18)21-27-7-3-8-28-21/h4-5,10-11,15,19H,1,3,6-9,12-14H2,2H3/q+1. The Morgan fingerprint density at radius 1 is 1.46 bits per heavy atom. The Morgan fingerprint density at radius 3 is 2.96 bits per heavy atom. The first-order valence-corrected chi connectivity index (χ1v) is 10.7. The summed E-state index contributed by atoms with van der Waals surface area (Å²) in [5, 5.41) is 0.819. The molecule has 0 radical (unpaired) electrons. The SMILES string of the molecule is C=C(C)C(=O)OCCn1cc[n+](CC2=CC(CBr)=CC(B3OCCCO3)C2)c1. The van der Waals surface area contributed by atoms with E-state index >= 15 is 0 Å². The third-order valence-electron chi connectivity index (χ3n) is 4.74. The van der Waals surface area contributed by atoms with Crippen molar-refractivity contribution in [3.63, 3.8) is 0 Å². The van der Waals surface area contributed by atoms with E-state index in [0.29, 0.717) is 18.7 Å². The van der Waals surface area contributed by atoms with Crippen molar-refractivity contribution in [2.75, 3.05) is 25.2 Å². The highest BCUT2D eigenvalue weighted by atomic mass is 79.9. The van der Waals surface area contributed by atoms with Gasteiger partial charge in [0.15, 0.2) is 0 Å². The van der Waals surface area contributed by atoms with Crippen LogP contribution in [0.5, 0.6) is 0 Å². The summed E-state index contributed by atoms with van der Waals surface area (Å²) in [5.41, 5.74) is 3.02. The van der Waals surface area contributed by atoms with Crippen LogP contribution >= 0.6 is 15.9 Å². The predicted octanol–water partition coefficient (Wildman–Crippen LogP) is 2.84. The van der Waals surface area contributed by atoms with Crippen LogP contribution < -0.4 is 4.57 Å². The van der Waals surface area contributed by atoms with Crippen LogP contribution in [0.25, 0.3) is 0 Å². The van der Waals surface area contributed by atoms with Crippen LogP contribution in [0.15, 0.2) is 54.2 Å². The normalized spacial score (nSPS) is 19.8. The van der Waals surface area contributed by atoms with E-state index in [-0.39, 0.29) is 18.9 Å². The summed E-state index contributed by atoms with van der Waals surface area (Å²) in [5.74, 6) is -0.100. The Kier molecular flexibility index (Phi) is 7.70. The summed E-state index contributed by atoms with van der Waals surface area (Å²) >= 11 is 3.58. The number of allylic oxidation sites excluding steroid dienone is 4. The van der Waals surface area contributed by atoms with Crippen molar-refractivity contribution in [2.24, 2.45) is 0 Å². The predicted molar refractivity (Wildman–Crippen MR) is 111 cm³/mol. The number of imidazole rings is 1. The molecule has 1 aromatic heterocycles. The van der Waals surface area contributed by atoms with Gasteiger partial charge in [-0.3, -0.25) is 0 Å². The molecule has 28 heavy (non-hydrogen) atoms. The fraction of sp³-hybridized carbons (Fsp3) is 0.500. The van der Waals surface area contributed by atoms with Crippen LogP contribution in [-0.4, -0.2) is 42.8 Å². The smallest absolute Gasteiger partial charge is 0.458 e. The highest BCUT2D eigenvalue weighted by Gasteiger charge is 2.33. The quantitative estimate of drug-likeness (QED) is 0.201. The van der Waals surface area contributed by atoms with Crippen molar-refractivity contribution in [2.45, 2.75) is 38.7 Å². The first-order chi connectivity index (χ1) is 13.5. The zero-order chi connectivity index (χ0) is 19.9. The van der Waals surface area contributed by atoms with E-state index in [1.54, 1.807) is 6.92 Å². The van der Waals surface area contributed by atoms with Crippen LogP contribution in [0.2, 0.25) is 5.82 Å². The number of ether oxygens (including phenoxy) is 1. The Balaban J connectivity index is 1.56. The van der Waals surface area contributed by atoms with Crippen LogP contribution in [-0.2, 0) is 31.9 Å². The second kappa shape index (κ2) is 10.2. The molecule has 1 aliphatic carbocycles. The third kappa shape index (κ3) is 5.93. The van der Waals surface area contributed by atoms with Crippen molar-refractivity contribution >= 4 is 29.0 Å². The van der Waals surface area contributed by atoms with Gasteiger partial charge in [-0.2, -0.15) is 0 Å². The number of hydrogen-bond acceptors (Lipinski definition) is 4. The highest BCUT2D eigenvalue weighted by Crippen LogP contribution is 2.32. The molecule has 0 N–H and O–H groups in total. The monoisotopic (exact) mass is 449 g/mol. The lowest BCUT2D eigenvalue weighted by atomic mass is 9.65. The zero-order valence-corrected chi connectivity index (χ0v) is 17.9. The van der Waals surface area contributed by atoms with Gasteiger partial charge >= 0.3 is 13.1 Å². The van der Waals surface area contributed by atoms with E-state index < -0.39 is 0 Å². The number of esters is 1. The molecule has 0 aromatic carbocycles. The molecule has 1 atom stereocenters. The largest absolute Gasteiger partial charge is 0.464 e. The lowest BCUT2D eigenvalue weighted by Crippen LogP contribution is -2.37. The van der Waals surface area contributed by atoms with E-state index in [1.807, 2.05) is 23.3 Å². The highest BCUT2D eigenvalue weighted by molar-refractivity contribution is 9.09. The second-order valence-corrected chi connectivity index (χ2v) is 7.81.